The van der Waals surface area contributed by atoms with Crippen molar-refractivity contribution >= 4 is 16.9 Å². The van der Waals surface area contributed by atoms with Crippen LogP contribution in [-0.4, -0.2) is 18.1 Å². The molecule has 0 aliphatic carbocycles. The molecule has 106 valence electrons. The number of H-pyrrole nitrogens is 1. The monoisotopic (exact) mass is 279 g/mol. The molecule has 0 radical (unpaired) electrons. The fourth-order valence-electron chi connectivity index (χ4n) is 2.55. The normalized spacial score (nSPS) is 12.3. The molecule has 0 spiro atoms. The van der Waals surface area contributed by atoms with E-state index in [0.29, 0.717) is 5.56 Å². The smallest absolute Gasteiger partial charge is 0.337 e. The van der Waals surface area contributed by atoms with E-state index in [1.54, 1.807) is 6.07 Å². The fourth-order valence-corrected chi connectivity index (χ4v) is 2.55. The molecule has 1 aromatic heterocycles. The van der Waals surface area contributed by atoms with Crippen LogP contribution >= 0.6 is 0 Å². The molecular weight excluding hydrogens is 262 g/mol. The number of ether oxygens (including phenoxy) is 1. The van der Waals surface area contributed by atoms with Crippen LogP contribution in [0.15, 0.2) is 54.6 Å². The SMILES string of the molecule is COC(=O)c1ccc2cc(C(C)c3ccccc3)[nH]c2c1. The first-order valence-corrected chi connectivity index (χ1v) is 6.95. The van der Waals surface area contributed by atoms with Gasteiger partial charge in [-0.2, -0.15) is 0 Å². The van der Waals surface area contributed by atoms with Crippen molar-refractivity contribution in [2.75, 3.05) is 7.11 Å². The standard InChI is InChI=1S/C18H17NO2/c1-12(13-6-4-3-5-7-13)16-10-14-8-9-15(18(20)21-2)11-17(14)19-16/h3-12,19H,1-2H3. The lowest BCUT2D eigenvalue weighted by molar-refractivity contribution is 0.0601. The van der Waals surface area contributed by atoms with E-state index >= 15 is 0 Å². The zero-order valence-electron chi connectivity index (χ0n) is 12.1. The van der Waals surface area contributed by atoms with Crippen LogP contribution in [-0.2, 0) is 4.74 Å². The van der Waals surface area contributed by atoms with Crippen molar-refractivity contribution in [2.24, 2.45) is 0 Å². The number of aromatic amines is 1. The number of nitrogens with one attached hydrogen (secondary N) is 1. The predicted molar refractivity (Wildman–Crippen MR) is 83.6 cm³/mol. The van der Waals surface area contributed by atoms with E-state index in [0.717, 1.165) is 16.6 Å². The molecule has 3 nitrogen and oxygen atoms in total. The van der Waals surface area contributed by atoms with Gasteiger partial charge in [0, 0.05) is 17.1 Å². The third-order valence-electron chi connectivity index (χ3n) is 3.83. The number of carbonyl (C=O) groups excluding carboxylic acids is 1. The number of esters is 1. The summed E-state index contributed by atoms with van der Waals surface area (Å²) in [7, 11) is 1.39. The molecule has 0 amide bonds. The first kappa shape index (κ1) is 13.4. The van der Waals surface area contributed by atoms with Crippen LogP contribution in [0, 0.1) is 0 Å². The highest BCUT2D eigenvalue weighted by atomic mass is 16.5. The number of hydrogen-bond acceptors (Lipinski definition) is 2. The molecule has 1 unspecified atom stereocenters. The lowest BCUT2D eigenvalue weighted by atomic mass is 9.98. The lowest BCUT2D eigenvalue weighted by Crippen LogP contribution is -2.00. The fraction of sp³-hybridized carbons (Fsp3) is 0.167. The Labute approximate surface area is 123 Å². The molecule has 1 atom stereocenters. The average molecular weight is 279 g/mol. The topological polar surface area (TPSA) is 42.1 Å². The van der Waals surface area contributed by atoms with Gasteiger partial charge in [0.1, 0.15) is 0 Å². The summed E-state index contributed by atoms with van der Waals surface area (Å²) in [6.07, 6.45) is 0. The molecule has 1 heterocycles. The van der Waals surface area contributed by atoms with Gasteiger partial charge in [0.15, 0.2) is 0 Å². The molecule has 2 aromatic carbocycles. The maximum atomic E-state index is 11.6. The van der Waals surface area contributed by atoms with Crippen molar-refractivity contribution in [3.8, 4) is 0 Å². The first-order valence-electron chi connectivity index (χ1n) is 6.95. The molecule has 1 N–H and O–H groups in total. The zero-order valence-corrected chi connectivity index (χ0v) is 12.1. The molecule has 3 aromatic rings. The van der Waals surface area contributed by atoms with Gasteiger partial charge in [0.25, 0.3) is 0 Å². The number of carbonyl (C=O) groups is 1. The second-order valence-electron chi connectivity index (χ2n) is 5.15. The van der Waals surface area contributed by atoms with Gasteiger partial charge in [-0.15, -0.1) is 0 Å². The Kier molecular flexibility index (Phi) is 3.48. The van der Waals surface area contributed by atoms with Crippen LogP contribution in [0.25, 0.3) is 10.9 Å². The second-order valence-corrected chi connectivity index (χ2v) is 5.15. The summed E-state index contributed by atoms with van der Waals surface area (Å²) in [5, 5.41) is 1.10. The van der Waals surface area contributed by atoms with E-state index in [2.05, 4.69) is 30.1 Å². The highest BCUT2D eigenvalue weighted by molar-refractivity contribution is 5.94. The van der Waals surface area contributed by atoms with Crippen molar-refractivity contribution in [1.29, 1.82) is 0 Å². The maximum absolute atomic E-state index is 11.6. The number of benzene rings is 2. The number of fused-ring (bicyclic) bond motifs is 1. The zero-order chi connectivity index (χ0) is 14.8. The Morgan fingerprint density at radius 2 is 1.86 bits per heavy atom. The summed E-state index contributed by atoms with van der Waals surface area (Å²) in [5.74, 6) is -0.0377. The van der Waals surface area contributed by atoms with Crippen molar-refractivity contribution in [1.82, 2.24) is 4.98 Å². The molecule has 21 heavy (non-hydrogen) atoms. The Morgan fingerprint density at radius 1 is 1.10 bits per heavy atom. The highest BCUT2D eigenvalue weighted by Crippen LogP contribution is 2.27. The largest absolute Gasteiger partial charge is 0.465 e. The molecule has 0 fully saturated rings. The minimum absolute atomic E-state index is 0.278. The van der Waals surface area contributed by atoms with Gasteiger partial charge < -0.3 is 9.72 Å². The summed E-state index contributed by atoms with van der Waals surface area (Å²) in [5.41, 5.74) is 3.91. The third-order valence-corrected chi connectivity index (χ3v) is 3.83. The van der Waals surface area contributed by atoms with Crippen LogP contribution in [0.3, 0.4) is 0 Å². The van der Waals surface area contributed by atoms with Crippen molar-refractivity contribution in [3.63, 3.8) is 0 Å². The van der Waals surface area contributed by atoms with E-state index in [4.69, 9.17) is 4.74 Å². The minimum Gasteiger partial charge on any atom is -0.465 e. The molecule has 0 saturated carbocycles. The van der Waals surface area contributed by atoms with Crippen LogP contribution in [0.1, 0.15) is 34.5 Å². The summed E-state index contributed by atoms with van der Waals surface area (Å²) in [4.78, 5) is 15.0. The van der Waals surface area contributed by atoms with E-state index in [1.165, 1.54) is 12.7 Å². The van der Waals surface area contributed by atoms with Crippen LogP contribution in [0.2, 0.25) is 0 Å². The maximum Gasteiger partial charge on any atom is 0.337 e. The Hall–Kier alpha value is -2.55. The van der Waals surface area contributed by atoms with Gasteiger partial charge in [-0.1, -0.05) is 43.3 Å². The van der Waals surface area contributed by atoms with Crippen molar-refractivity contribution < 1.29 is 9.53 Å². The summed E-state index contributed by atoms with van der Waals surface area (Å²) >= 11 is 0. The van der Waals surface area contributed by atoms with Gasteiger partial charge in [-0.25, -0.2) is 4.79 Å². The predicted octanol–water partition coefficient (Wildman–Crippen LogP) is 4.11. The van der Waals surface area contributed by atoms with Gasteiger partial charge >= 0.3 is 5.97 Å². The lowest BCUT2D eigenvalue weighted by Gasteiger charge is -2.09. The second kappa shape index (κ2) is 5.44. The Balaban J connectivity index is 1.99. The highest BCUT2D eigenvalue weighted by Gasteiger charge is 2.12. The Morgan fingerprint density at radius 3 is 2.57 bits per heavy atom. The van der Waals surface area contributed by atoms with Crippen LogP contribution in [0.4, 0.5) is 0 Å². The van der Waals surface area contributed by atoms with E-state index in [1.807, 2.05) is 30.3 Å². The number of rotatable bonds is 3. The van der Waals surface area contributed by atoms with Gasteiger partial charge in [-0.05, 0) is 29.1 Å². The summed E-state index contributed by atoms with van der Waals surface area (Å²) in [6.45, 7) is 2.17. The van der Waals surface area contributed by atoms with Crippen molar-refractivity contribution in [2.45, 2.75) is 12.8 Å². The van der Waals surface area contributed by atoms with Gasteiger partial charge in [-0.3, -0.25) is 0 Å². The average Bonchev–Trinajstić information content (AvgIpc) is 2.97. The van der Waals surface area contributed by atoms with Gasteiger partial charge in [0.05, 0.1) is 12.7 Å². The third kappa shape index (κ3) is 2.55. The summed E-state index contributed by atoms with van der Waals surface area (Å²) < 4.78 is 4.76. The van der Waals surface area contributed by atoms with Crippen LogP contribution < -0.4 is 0 Å². The quantitative estimate of drug-likeness (QED) is 0.733. The van der Waals surface area contributed by atoms with Crippen molar-refractivity contribution in [3.05, 3.63) is 71.4 Å². The van der Waals surface area contributed by atoms with E-state index in [-0.39, 0.29) is 11.9 Å². The molecular formula is C18H17NO2. The molecule has 0 bridgehead atoms. The number of methoxy groups -OCH3 is 1. The van der Waals surface area contributed by atoms with Gasteiger partial charge in [0.2, 0.25) is 0 Å². The molecule has 0 saturated heterocycles. The van der Waals surface area contributed by atoms with E-state index < -0.39 is 0 Å². The summed E-state index contributed by atoms with van der Waals surface area (Å²) in [6, 6.07) is 18.1. The minimum atomic E-state index is -0.316. The first-order chi connectivity index (χ1) is 10.2. The number of aromatic nitrogens is 1. The van der Waals surface area contributed by atoms with Crippen LogP contribution in [0.5, 0.6) is 0 Å². The molecule has 0 aliphatic heterocycles. The van der Waals surface area contributed by atoms with E-state index in [9.17, 15) is 4.79 Å². The molecule has 0 aliphatic rings. The molecule has 3 rings (SSSR count). The molecule has 3 heteroatoms. The number of hydrogen-bond donors (Lipinski definition) is 1. The Bertz CT molecular complexity index is 774.